The van der Waals surface area contributed by atoms with Crippen LogP contribution in [0.5, 0.6) is 0 Å². The van der Waals surface area contributed by atoms with Gasteiger partial charge >= 0.3 is 0 Å². The predicted molar refractivity (Wildman–Crippen MR) is 102 cm³/mol. The van der Waals surface area contributed by atoms with Crippen molar-refractivity contribution in [2.45, 2.75) is 65.2 Å². The van der Waals surface area contributed by atoms with Crippen molar-refractivity contribution in [1.82, 2.24) is 4.90 Å². The van der Waals surface area contributed by atoms with Crippen molar-refractivity contribution in [3.63, 3.8) is 0 Å². The van der Waals surface area contributed by atoms with Gasteiger partial charge in [-0.2, -0.15) is 0 Å². The van der Waals surface area contributed by atoms with Gasteiger partial charge in [-0.25, -0.2) is 4.39 Å². The maximum absolute atomic E-state index is 13.6. The molecule has 0 aromatic heterocycles. The number of ketones is 1. The van der Waals surface area contributed by atoms with Gasteiger partial charge in [-0.05, 0) is 53.9 Å². The van der Waals surface area contributed by atoms with Crippen LogP contribution in [0.4, 0.5) is 4.39 Å². The molecule has 25 heavy (non-hydrogen) atoms. The van der Waals surface area contributed by atoms with Crippen molar-refractivity contribution in [2.75, 3.05) is 13.1 Å². The fraction of sp³-hybridized carbons (Fsp3) is 0.591. The van der Waals surface area contributed by atoms with Crippen LogP contribution in [0.25, 0.3) is 0 Å². The monoisotopic (exact) mass is 345 g/mol. The van der Waals surface area contributed by atoms with Crippen molar-refractivity contribution >= 4 is 5.78 Å². The first-order chi connectivity index (χ1) is 11.7. The summed E-state index contributed by atoms with van der Waals surface area (Å²) >= 11 is 0. The van der Waals surface area contributed by atoms with E-state index >= 15 is 0 Å². The zero-order chi connectivity index (χ0) is 18.6. The second-order valence-corrected chi connectivity index (χ2v) is 8.32. The van der Waals surface area contributed by atoms with E-state index in [-0.39, 0.29) is 11.2 Å². The smallest absolute Gasteiger partial charge is 0.133 e. The second kappa shape index (κ2) is 8.16. The van der Waals surface area contributed by atoms with Crippen molar-refractivity contribution in [1.29, 1.82) is 0 Å². The lowest BCUT2D eigenvalue weighted by molar-refractivity contribution is -0.118. The number of benzene rings is 1. The molecular formula is C22H32FNO. The zero-order valence-electron chi connectivity index (χ0n) is 16.2. The van der Waals surface area contributed by atoms with E-state index in [1.807, 2.05) is 13.0 Å². The summed E-state index contributed by atoms with van der Waals surface area (Å²) in [7, 11) is 0. The van der Waals surface area contributed by atoms with Crippen LogP contribution >= 0.6 is 0 Å². The van der Waals surface area contributed by atoms with Gasteiger partial charge in [0.1, 0.15) is 11.6 Å². The zero-order valence-corrected chi connectivity index (χ0v) is 16.2. The van der Waals surface area contributed by atoms with Crippen LogP contribution < -0.4 is 0 Å². The summed E-state index contributed by atoms with van der Waals surface area (Å²) in [5.41, 5.74) is 3.43. The topological polar surface area (TPSA) is 20.3 Å². The first-order valence-corrected chi connectivity index (χ1v) is 9.44. The van der Waals surface area contributed by atoms with Gasteiger partial charge in [-0.15, -0.1) is 0 Å². The molecule has 3 heteroatoms. The number of Topliss-reactive ketones (excluding diaryl/α,β-unsaturated/α-hetero) is 1. The average molecular weight is 346 g/mol. The molecule has 1 heterocycles. The molecule has 0 amide bonds. The number of halogens is 1. The number of carbonyl (C=O) groups excluding carboxylic acids is 1. The molecule has 0 spiro atoms. The van der Waals surface area contributed by atoms with E-state index in [0.717, 1.165) is 43.6 Å². The summed E-state index contributed by atoms with van der Waals surface area (Å²) in [5.74, 6) is 0.821. The second-order valence-electron chi connectivity index (χ2n) is 8.32. The number of rotatable bonds is 8. The first-order valence-electron chi connectivity index (χ1n) is 9.44. The van der Waals surface area contributed by atoms with Gasteiger partial charge in [0.25, 0.3) is 0 Å². The minimum atomic E-state index is -0.151. The Morgan fingerprint density at radius 2 is 1.96 bits per heavy atom. The molecule has 1 aliphatic rings. The molecule has 1 aromatic rings. The van der Waals surface area contributed by atoms with Gasteiger partial charge in [0.05, 0.1) is 0 Å². The Balaban J connectivity index is 1.81. The summed E-state index contributed by atoms with van der Waals surface area (Å²) < 4.78 is 13.6. The number of hydrogen-bond acceptors (Lipinski definition) is 2. The molecule has 138 valence electrons. The highest BCUT2D eigenvalue weighted by Crippen LogP contribution is 2.30. The summed E-state index contributed by atoms with van der Waals surface area (Å²) in [6, 6.07) is 5.21. The van der Waals surface area contributed by atoms with Crippen LogP contribution in [-0.4, -0.2) is 23.8 Å². The molecule has 0 bridgehead atoms. The Hall–Kier alpha value is -1.64. The summed E-state index contributed by atoms with van der Waals surface area (Å²) in [5, 5.41) is 0. The Labute approximate surface area is 152 Å². The van der Waals surface area contributed by atoms with Crippen LogP contribution in [0.2, 0.25) is 0 Å². The highest BCUT2D eigenvalue weighted by molar-refractivity contribution is 5.78. The molecule has 1 fully saturated rings. The molecule has 0 aliphatic carbocycles. The number of allylic oxidation sites excluding steroid dienone is 1. The van der Waals surface area contributed by atoms with E-state index < -0.39 is 0 Å². The standard InChI is InChI=1S/C22H32FNO/c1-6-20(25)12-7-16(2)24-14-17(15-24)8-9-18-10-11-19(23)13-21(18)22(3,4)5/h10-11,13,17H,2,6-9,12,14-15H2,1,3-5H3. The number of nitrogens with zero attached hydrogens (tertiary/aromatic N) is 1. The molecule has 0 unspecified atom stereocenters. The van der Waals surface area contributed by atoms with E-state index in [1.165, 1.54) is 5.56 Å². The maximum atomic E-state index is 13.6. The molecule has 2 rings (SSSR count). The van der Waals surface area contributed by atoms with Gasteiger partial charge in [-0.3, -0.25) is 4.79 Å². The summed E-state index contributed by atoms with van der Waals surface area (Å²) in [6.45, 7) is 14.5. The van der Waals surface area contributed by atoms with E-state index in [1.54, 1.807) is 12.1 Å². The summed E-state index contributed by atoms with van der Waals surface area (Å²) in [6.07, 6.45) is 4.12. The quantitative estimate of drug-likeness (QED) is 0.640. The van der Waals surface area contributed by atoms with Crippen LogP contribution in [0, 0.1) is 11.7 Å². The number of aryl methyl sites for hydroxylation is 1. The molecule has 2 nitrogen and oxygen atoms in total. The average Bonchev–Trinajstić information content (AvgIpc) is 2.51. The lowest BCUT2D eigenvalue weighted by atomic mass is 9.81. The third-order valence-corrected chi connectivity index (χ3v) is 5.19. The van der Waals surface area contributed by atoms with Crippen molar-refractivity contribution in [3.8, 4) is 0 Å². The third-order valence-electron chi connectivity index (χ3n) is 5.19. The van der Waals surface area contributed by atoms with Gasteiger partial charge in [0.2, 0.25) is 0 Å². The Morgan fingerprint density at radius 3 is 2.56 bits per heavy atom. The Kier molecular flexibility index (Phi) is 6.42. The van der Waals surface area contributed by atoms with Crippen LogP contribution in [0.1, 0.15) is 64.5 Å². The molecule has 1 aromatic carbocycles. The number of carbonyl (C=O) groups is 1. The Bertz CT molecular complexity index is 623. The van der Waals surface area contributed by atoms with Crippen molar-refractivity contribution in [3.05, 3.63) is 47.4 Å². The maximum Gasteiger partial charge on any atom is 0.133 e. The molecule has 0 atom stereocenters. The minimum absolute atomic E-state index is 0.0385. The van der Waals surface area contributed by atoms with Crippen LogP contribution in [0.15, 0.2) is 30.5 Å². The minimum Gasteiger partial charge on any atom is -0.375 e. The number of hydrogen-bond donors (Lipinski definition) is 0. The van der Waals surface area contributed by atoms with Gasteiger partial charge in [0.15, 0.2) is 0 Å². The predicted octanol–water partition coefficient (Wildman–Crippen LogP) is 5.26. The third kappa shape index (κ3) is 5.42. The van der Waals surface area contributed by atoms with Gasteiger partial charge in [0, 0.05) is 31.6 Å². The van der Waals surface area contributed by atoms with E-state index in [4.69, 9.17) is 0 Å². The molecule has 1 saturated heterocycles. The molecule has 0 saturated carbocycles. The molecule has 1 aliphatic heterocycles. The molecular weight excluding hydrogens is 313 g/mol. The SMILES string of the molecule is C=C(CCC(=O)CC)N1CC(CCc2ccc(F)cc2C(C)(C)C)C1. The number of likely N-dealkylation sites (tertiary alicyclic amines) is 1. The molecule has 0 N–H and O–H groups in total. The highest BCUT2D eigenvalue weighted by Gasteiger charge is 2.28. The van der Waals surface area contributed by atoms with Gasteiger partial charge < -0.3 is 4.90 Å². The van der Waals surface area contributed by atoms with Crippen molar-refractivity contribution in [2.24, 2.45) is 5.92 Å². The largest absolute Gasteiger partial charge is 0.375 e. The van der Waals surface area contributed by atoms with E-state index in [9.17, 15) is 9.18 Å². The summed E-state index contributed by atoms with van der Waals surface area (Å²) in [4.78, 5) is 13.7. The van der Waals surface area contributed by atoms with Crippen LogP contribution in [0.3, 0.4) is 0 Å². The van der Waals surface area contributed by atoms with Crippen molar-refractivity contribution < 1.29 is 9.18 Å². The van der Waals surface area contributed by atoms with Gasteiger partial charge in [-0.1, -0.05) is 40.3 Å². The van der Waals surface area contributed by atoms with E-state index in [2.05, 4.69) is 32.3 Å². The highest BCUT2D eigenvalue weighted by atomic mass is 19.1. The normalized spacial score (nSPS) is 15.2. The molecule has 0 radical (unpaired) electrons. The fourth-order valence-corrected chi connectivity index (χ4v) is 3.45. The van der Waals surface area contributed by atoms with Crippen LogP contribution in [-0.2, 0) is 16.6 Å². The fourth-order valence-electron chi connectivity index (χ4n) is 3.45. The first kappa shape index (κ1) is 19.7. The Morgan fingerprint density at radius 1 is 1.28 bits per heavy atom. The lowest BCUT2D eigenvalue weighted by Gasteiger charge is -2.42. The lowest BCUT2D eigenvalue weighted by Crippen LogP contribution is -2.45. The van der Waals surface area contributed by atoms with E-state index in [0.29, 0.717) is 24.5 Å².